The van der Waals surface area contributed by atoms with Gasteiger partial charge in [-0.25, -0.2) is 0 Å². The summed E-state index contributed by atoms with van der Waals surface area (Å²) in [5.41, 5.74) is 0. The second kappa shape index (κ2) is 6.13. The van der Waals surface area contributed by atoms with Crippen molar-refractivity contribution in [1.82, 2.24) is 14.3 Å². The van der Waals surface area contributed by atoms with Gasteiger partial charge in [0, 0.05) is 37.7 Å². The number of hydrogen-bond donors (Lipinski definition) is 0. The molecule has 1 aliphatic rings. The van der Waals surface area contributed by atoms with Crippen LogP contribution in [0.5, 0.6) is 0 Å². The molecule has 118 valence electrons. The summed E-state index contributed by atoms with van der Waals surface area (Å²) < 4.78 is 9.61. The number of hydrogen-bond acceptors (Lipinski definition) is 7. The smallest absolute Gasteiger partial charge is 0.289 e. The Morgan fingerprint density at radius 1 is 1.17 bits per heavy atom. The molecule has 3 aromatic rings. The molecular formula is C15H14N4O2S2. The van der Waals surface area contributed by atoms with Crippen LogP contribution in [0.15, 0.2) is 40.3 Å². The molecule has 4 rings (SSSR count). The highest BCUT2D eigenvalue weighted by Crippen LogP contribution is 2.27. The Balaban J connectivity index is 1.41. The number of nitrogens with zero attached hydrogens (tertiary/aromatic N) is 4. The predicted octanol–water partition coefficient (Wildman–Crippen LogP) is 2.82. The molecule has 8 heteroatoms. The Morgan fingerprint density at radius 2 is 2.04 bits per heavy atom. The Hall–Kier alpha value is -2.19. The number of rotatable bonds is 3. The third-order valence-corrected chi connectivity index (χ3v) is 5.37. The molecule has 1 amide bonds. The van der Waals surface area contributed by atoms with Crippen LogP contribution in [0.25, 0.3) is 10.7 Å². The van der Waals surface area contributed by atoms with Gasteiger partial charge in [-0.3, -0.25) is 4.79 Å². The van der Waals surface area contributed by atoms with E-state index in [1.807, 2.05) is 22.4 Å². The molecule has 0 atom stereocenters. The number of piperazine rings is 1. The maximum absolute atomic E-state index is 12.3. The van der Waals surface area contributed by atoms with Gasteiger partial charge in [0.15, 0.2) is 11.6 Å². The number of thiophene rings is 1. The number of carbonyl (C=O) groups is 1. The van der Waals surface area contributed by atoms with Gasteiger partial charge in [0.05, 0.1) is 11.1 Å². The van der Waals surface area contributed by atoms with Gasteiger partial charge in [0.25, 0.3) is 5.91 Å². The van der Waals surface area contributed by atoms with E-state index in [2.05, 4.69) is 14.3 Å². The van der Waals surface area contributed by atoms with E-state index in [-0.39, 0.29) is 5.91 Å². The van der Waals surface area contributed by atoms with E-state index in [1.54, 1.807) is 23.5 Å². The third kappa shape index (κ3) is 2.87. The summed E-state index contributed by atoms with van der Waals surface area (Å²) >= 11 is 3.05. The molecule has 6 nitrogen and oxygen atoms in total. The van der Waals surface area contributed by atoms with Crippen LogP contribution in [-0.4, -0.2) is 46.3 Å². The van der Waals surface area contributed by atoms with Crippen molar-refractivity contribution in [3.63, 3.8) is 0 Å². The fourth-order valence-electron chi connectivity index (χ4n) is 2.51. The van der Waals surface area contributed by atoms with Crippen LogP contribution in [0.2, 0.25) is 0 Å². The van der Waals surface area contributed by atoms with Crippen LogP contribution in [0, 0.1) is 0 Å². The van der Waals surface area contributed by atoms with E-state index in [0.717, 1.165) is 28.9 Å². The molecule has 0 unspecified atom stereocenters. The van der Waals surface area contributed by atoms with Crippen molar-refractivity contribution in [3.8, 4) is 10.7 Å². The second-order valence-electron chi connectivity index (χ2n) is 5.13. The zero-order valence-corrected chi connectivity index (χ0v) is 13.8. The first-order valence-electron chi connectivity index (χ1n) is 7.26. The fourth-order valence-corrected chi connectivity index (χ4v) is 3.95. The van der Waals surface area contributed by atoms with E-state index in [0.29, 0.717) is 18.8 Å². The van der Waals surface area contributed by atoms with Gasteiger partial charge in [-0.1, -0.05) is 6.07 Å². The zero-order valence-electron chi connectivity index (χ0n) is 12.2. The van der Waals surface area contributed by atoms with Crippen molar-refractivity contribution < 1.29 is 9.21 Å². The lowest BCUT2D eigenvalue weighted by molar-refractivity contribution is 0.0714. The van der Waals surface area contributed by atoms with Crippen LogP contribution < -0.4 is 4.90 Å². The average Bonchev–Trinajstić information content (AvgIpc) is 3.36. The van der Waals surface area contributed by atoms with Gasteiger partial charge in [-0.05, 0) is 23.6 Å². The molecule has 0 saturated carbocycles. The van der Waals surface area contributed by atoms with Gasteiger partial charge >= 0.3 is 0 Å². The van der Waals surface area contributed by atoms with Crippen LogP contribution in [-0.2, 0) is 0 Å². The molecule has 1 fully saturated rings. The summed E-state index contributed by atoms with van der Waals surface area (Å²) in [7, 11) is 0. The van der Waals surface area contributed by atoms with Crippen LogP contribution in [0.3, 0.4) is 0 Å². The molecule has 0 radical (unpaired) electrons. The Morgan fingerprint density at radius 3 is 2.74 bits per heavy atom. The van der Waals surface area contributed by atoms with Crippen LogP contribution >= 0.6 is 22.9 Å². The number of anilines is 1. The lowest BCUT2D eigenvalue weighted by Gasteiger charge is -2.33. The Bertz CT molecular complexity index is 774. The molecule has 0 bridgehead atoms. The minimum Gasteiger partial charge on any atom is -0.459 e. The zero-order chi connectivity index (χ0) is 15.6. The SMILES string of the molecule is O=C(c1ccco1)N1CCN(c2nc(-c3cccs3)ns2)CC1. The first kappa shape index (κ1) is 14.4. The van der Waals surface area contributed by atoms with Gasteiger partial charge < -0.3 is 14.2 Å². The highest BCUT2D eigenvalue weighted by molar-refractivity contribution is 7.14. The van der Waals surface area contributed by atoms with Gasteiger partial charge in [0.2, 0.25) is 5.13 Å². The average molecular weight is 346 g/mol. The summed E-state index contributed by atoms with van der Waals surface area (Å²) in [4.78, 5) is 22.0. The largest absolute Gasteiger partial charge is 0.459 e. The maximum atomic E-state index is 12.3. The minimum absolute atomic E-state index is 0.0498. The molecule has 23 heavy (non-hydrogen) atoms. The van der Waals surface area contributed by atoms with Crippen molar-refractivity contribution in [1.29, 1.82) is 0 Å². The first-order chi connectivity index (χ1) is 11.3. The standard InChI is InChI=1S/C15H14N4O2S2/c20-14(11-3-1-9-21-11)18-5-7-19(8-6-18)15-16-13(17-23-15)12-4-2-10-22-12/h1-4,9-10H,5-8H2. The van der Waals surface area contributed by atoms with E-state index >= 15 is 0 Å². The Labute approximate surface area is 141 Å². The van der Waals surface area contributed by atoms with E-state index in [9.17, 15) is 4.79 Å². The number of furan rings is 1. The molecule has 0 spiro atoms. The molecule has 4 heterocycles. The third-order valence-electron chi connectivity index (χ3n) is 3.73. The molecule has 3 aromatic heterocycles. The van der Waals surface area contributed by atoms with E-state index in [4.69, 9.17) is 4.42 Å². The molecule has 1 saturated heterocycles. The normalized spacial score (nSPS) is 15.1. The first-order valence-corrected chi connectivity index (χ1v) is 8.92. The Kier molecular flexibility index (Phi) is 3.84. The quantitative estimate of drug-likeness (QED) is 0.730. The summed E-state index contributed by atoms with van der Waals surface area (Å²) in [5.74, 6) is 1.13. The van der Waals surface area contributed by atoms with Gasteiger partial charge in [-0.15, -0.1) is 11.3 Å². The molecule has 0 aliphatic carbocycles. The number of carbonyl (C=O) groups excluding carboxylic acids is 1. The highest BCUT2D eigenvalue weighted by atomic mass is 32.1. The molecule has 0 N–H and O–H groups in total. The van der Waals surface area contributed by atoms with Gasteiger partial charge in [-0.2, -0.15) is 9.36 Å². The molecule has 1 aliphatic heterocycles. The van der Waals surface area contributed by atoms with E-state index < -0.39 is 0 Å². The summed E-state index contributed by atoms with van der Waals surface area (Å²) in [5, 5.41) is 2.94. The topological polar surface area (TPSA) is 62.5 Å². The highest BCUT2D eigenvalue weighted by Gasteiger charge is 2.25. The number of aromatic nitrogens is 2. The second-order valence-corrected chi connectivity index (χ2v) is 6.81. The summed E-state index contributed by atoms with van der Waals surface area (Å²) in [6, 6.07) is 7.46. The molecular weight excluding hydrogens is 332 g/mol. The van der Waals surface area contributed by atoms with Crippen molar-refractivity contribution in [3.05, 3.63) is 41.7 Å². The van der Waals surface area contributed by atoms with Crippen molar-refractivity contribution >= 4 is 33.9 Å². The van der Waals surface area contributed by atoms with Crippen molar-refractivity contribution in [2.45, 2.75) is 0 Å². The van der Waals surface area contributed by atoms with Crippen LogP contribution in [0.4, 0.5) is 5.13 Å². The molecule has 0 aromatic carbocycles. The minimum atomic E-state index is -0.0498. The van der Waals surface area contributed by atoms with E-state index in [1.165, 1.54) is 17.8 Å². The van der Waals surface area contributed by atoms with Crippen molar-refractivity contribution in [2.75, 3.05) is 31.1 Å². The number of amides is 1. The summed E-state index contributed by atoms with van der Waals surface area (Å²) in [6.45, 7) is 2.83. The lowest BCUT2D eigenvalue weighted by Crippen LogP contribution is -2.48. The van der Waals surface area contributed by atoms with Crippen molar-refractivity contribution in [2.24, 2.45) is 0 Å². The maximum Gasteiger partial charge on any atom is 0.289 e. The lowest BCUT2D eigenvalue weighted by atomic mass is 10.3. The van der Waals surface area contributed by atoms with Crippen LogP contribution in [0.1, 0.15) is 10.6 Å². The van der Waals surface area contributed by atoms with Gasteiger partial charge in [0.1, 0.15) is 0 Å². The monoisotopic (exact) mass is 346 g/mol. The predicted molar refractivity (Wildman–Crippen MR) is 90.0 cm³/mol. The summed E-state index contributed by atoms with van der Waals surface area (Å²) in [6.07, 6.45) is 1.52. The fraction of sp³-hybridized carbons (Fsp3) is 0.267.